The first-order valence-corrected chi connectivity index (χ1v) is 7.95. The predicted molar refractivity (Wildman–Crippen MR) is 83.9 cm³/mol. The number of aryl methyl sites for hydroxylation is 1. The van der Waals surface area contributed by atoms with Crippen LogP contribution in [-0.4, -0.2) is 48.6 Å². The van der Waals surface area contributed by atoms with Crippen molar-refractivity contribution in [2.75, 3.05) is 32.7 Å². The normalized spacial score (nSPS) is 25.6. The molecule has 110 valence electrons. The molecule has 20 heavy (non-hydrogen) atoms. The lowest BCUT2D eigenvalue weighted by molar-refractivity contribution is 0.0735. The molecule has 2 aliphatic rings. The van der Waals surface area contributed by atoms with E-state index in [9.17, 15) is 0 Å². The fraction of sp³-hybridized carbons (Fsp3) is 0.647. The average molecular weight is 273 g/mol. The number of rotatable bonds is 3. The van der Waals surface area contributed by atoms with Crippen LogP contribution >= 0.6 is 0 Å². The number of hydrogen-bond acceptors (Lipinski definition) is 3. The van der Waals surface area contributed by atoms with Gasteiger partial charge in [-0.1, -0.05) is 18.2 Å². The van der Waals surface area contributed by atoms with Crippen LogP contribution in [0.4, 0.5) is 0 Å². The minimum atomic E-state index is 0.387. The van der Waals surface area contributed by atoms with E-state index in [0.717, 1.165) is 19.1 Å². The van der Waals surface area contributed by atoms with Crippen LogP contribution in [0.3, 0.4) is 0 Å². The number of hydrogen-bond donors (Lipinski definition) is 1. The quantitative estimate of drug-likeness (QED) is 0.915. The van der Waals surface area contributed by atoms with E-state index in [1.54, 1.807) is 0 Å². The fourth-order valence-corrected chi connectivity index (χ4v) is 3.91. The summed E-state index contributed by atoms with van der Waals surface area (Å²) in [5.41, 5.74) is 10.4. The molecule has 2 aliphatic heterocycles. The Kier molecular flexibility index (Phi) is 4.11. The highest BCUT2D eigenvalue weighted by molar-refractivity contribution is 5.35. The molecular formula is C17H27N3. The van der Waals surface area contributed by atoms with Gasteiger partial charge in [-0.15, -0.1) is 0 Å². The topological polar surface area (TPSA) is 32.5 Å². The molecule has 2 unspecified atom stereocenters. The van der Waals surface area contributed by atoms with Crippen molar-refractivity contribution >= 4 is 0 Å². The van der Waals surface area contributed by atoms with Crippen LogP contribution in [0.25, 0.3) is 0 Å². The van der Waals surface area contributed by atoms with Gasteiger partial charge in [0.2, 0.25) is 0 Å². The third kappa shape index (κ3) is 2.50. The molecule has 3 nitrogen and oxygen atoms in total. The standard InChI is InChI=1S/C17H27N3/c1-13-5-3-7-16(14(13)2)17(11-18)20-10-9-19-8-4-6-15(19)12-20/h3,5,7,15,17H,4,6,8-12,18H2,1-2H3. The van der Waals surface area contributed by atoms with Crippen molar-refractivity contribution in [3.63, 3.8) is 0 Å². The van der Waals surface area contributed by atoms with Gasteiger partial charge >= 0.3 is 0 Å². The maximum Gasteiger partial charge on any atom is 0.0474 e. The van der Waals surface area contributed by atoms with Crippen molar-refractivity contribution in [2.45, 2.75) is 38.8 Å². The highest BCUT2D eigenvalue weighted by atomic mass is 15.3. The van der Waals surface area contributed by atoms with E-state index in [0.29, 0.717) is 6.04 Å². The summed E-state index contributed by atoms with van der Waals surface area (Å²) in [4.78, 5) is 5.28. The van der Waals surface area contributed by atoms with Crippen LogP contribution in [0.5, 0.6) is 0 Å². The summed E-state index contributed by atoms with van der Waals surface area (Å²) in [6, 6.07) is 7.79. The van der Waals surface area contributed by atoms with Gasteiger partial charge in [-0.2, -0.15) is 0 Å². The van der Waals surface area contributed by atoms with Crippen molar-refractivity contribution in [2.24, 2.45) is 5.73 Å². The van der Waals surface area contributed by atoms with Gasteiger partial charge in [-0.25, -0.2) is 0 Å². The van der Waals surface area contributed by atoms with Gasteiger partial charge in [0.1, 0.15) is 0 Å². The number of benzene rings is 1. The molecular weight excluding hydrogens is 246 g/mol. The highest BCUT2D eigenvalue weighted by Crippen LogP contribution is 2.29. The summed E-state index contributed by atoms with van der Waals surface area (Å²) in [7, 11) is 0. The van der Waals surface area contributed by atoms with Crippen molar-refractivity contribution in [1.82, 2.24) is 9.80 Å². The van der Waals surface area contributed by atoms with E-state index in [-0.39, 0.29) is 0 Å². The SMILES string of the molecule is Cc1cccc(C(CN)N2CCN3CCCC3C2)c1C. The molecule has 0 spiro atoms. The maximum atomic E-state index is 6.14. The Morgan fingerprint density at radius 2 is 2.10 bits per heavy atom. The van der Waals surface area contributed by atoms with E-state index in [4.69, 9.17) is 5.73 Å². The molecule has 1 aromatic carbocycles. The summed E-state index contributed by atoms with van der Waals surface area (Å²) in [5.74, 6) is 0. The van der Waals surface area contributed by atoms with Crippen molar-refractivity contribution < 1.29 is 0 Å². The van der Waals surface area contributed by atoms with Crippen LogP contribution in [-0.2, 0) is 0 Å². The Balaban J connectivity index is 1.81. The maximum absolute atomic E-state index is 6.14. The first-order chi connectivity index (χ1) is 9.70. The van der Waals surface area contributed by atoms with E-state index >= 15 is 0 Å². The summed E-state index contributed by atoms with van der Waals surface area (Å²) < 4.78 is 0. The van der Waals surface area contributed by atoms with Gasteiger partial charge in [0, 0.05) is 38.3 Å². The summed E-state index contributed by atoms with van der Waals surface area (Å²) in [6.45, 7) is 10.0. The molecule has 0 amide bonds. The second-order valence-corrected chi connectivity index (χ2v) is 6.37. The molecule has 2 fully saturated rings. The summed E-state index contributed by atoms with van der Waals surface area (Å²) in [5, 5.41) is 0. The molecule has 0 aliphatic carbocycles. The molecule has 2 N–H and O–H groups in total. The molecule has 0 bridgehead atoms. The Bertz CT molecular complexity index is 471. The van der Waals surface area contributed by atoms with Crippen LogP contribution in [0.1, 0.15) is 35.6 Å². The first kappa shape index (κ1) is 14.1. The van der Waals surface area contributed by atoms with Crippen LogP contribution in [0, 0.1) is 13.8 Å². The molecule has 0 aromatic heterocycles. The molecule has 1 aromatic rings. The highest BCUT2D eigenvalue weighted by Gasteiger charge is 2.33. The monoisotopic (exact) mass is 273 g/mol. The zero-order valence-corrected chi connectivity index (χ0v) is 12.8. The smallest absolute Gasteiger partial charge is 0.0474 e. The minimum Gasteiger partial charge on any atom is -0.329 e. The molecule has 0 radical (unpaired) electrons. The van der Waals surface area contributed by atoms with Gasteiger partial charge in [0.25, 0.3) is 0 Å². The van der Waals surface area contributed by atoms with E-state index in [1.807, 2.05) is 0 Å². The number of piperazine rings is 1. The Labute approximate surface area is 122 Å². The molecule has 2 atom stereocenters. The summed E-state index contributed by atoms with van der Waals surface area (Å²) in [6.07, 6.45) is 2.73. The number of nitrogens with two attached hydrogens (primary N) is 1. The van der Waals surface area contributed by atoms with Crippen molar-refractivity contribution in [3.05, 3.63) is 34.9 Å². The molecule has 2 heterocycles. The van der Waals surface area contributed by atoms with Crippen LogP contribution in [0.2, 0.25) is 0 Å². The Hall–Kier alpha value is -0.900. The number of fused-ring (bicyclic) bond motifs is 1. The molecule has 0 saturated carbocycles. The number of nitrogens with zero attached hydrogens (tertiary/aromatic N) is 2. The largest absolute Gasteiger partial charge is 0.329 e. The van der Waals surface area contributed by atoms with Gasteiger partial charge in [-0.3, -0.25) is 9.80 Å². The Morgan fingerprint density at radius 3 is 2.90 bits per heavy atom. The lowest BCUT2D eigenvalue weighted by atomic mass is 9.95. The van der Waals surface area contributed by atoms with E-state index in [2.05, 4.69) is 41.8 Å². The predicted octanol–water partition coefficient (Wildman–Crippen LogP) is 2.08. The first-order valence-electron chi connectivity index (χ1n) is 7.95. The van der Waals surface area contributed by atoms with Crippen LogP contribution < -0.4 is 5.73 Å². The van der Waals surface area contributed by atoms with E-state index in [1.165, 1.54) is 49.2 Å². The van der Waals surface area contributed by atoms with Gasteiger partial charge in [0.05, 0.1) is 0 Å². The lowest BCUT2D eigenvalue weighted by Gasteiger charge is -2.42. The zero-order chi connectivity index (χ0) is 14.1. The molecule has 3 rings (SSSR count). The summed E-state index contributed by atoms with van der Waals surface area (Å²) >= 11 is 0. The molecule has 3 heteroatoms. The second-order valence-electron chi connectivity index (χ2n) is 6.37. The third-order valence-corrected chi connectivity index (χ3v) is 5.29. The third-order valence-electron chi connectivity index (χ3n) is 5.29. The second kappa shape index (κ2) is 5.84. The fourth-order valence-electron chi connectivity index (χ4n) is 3.91. The van der Waals surface area contributed by atoms with Crippen molar-refractivity contribution in [1.29, 1.82) is 0 Å². The van der Waals surface area contributed by atoms with Gasteiger partial charge < -0.3 is 5.73 Å². The van der Waals surface area contributed by atoms with E-state index < -0.39 is 0 Å². The van der Waals surface area contributed by atoms with Gasteiger partial charge in [0.15, 0.2) is 0 Å². The average Bonchev–Trinajstić information content (AvgIpc) is 2.92. The van der Waals surface area contributed by atoms with Crippen LogP contribution in [0.15, 0.2) is 18.2 Å². The van der Waals surface area contributed by atoms with Gasteiger partial charge in [-0.05, 0) is 49.9 Å². The van der Waals surface area contributed by atoms with Crippen molar-refractivity contribution in [3.8, 4) is 0 Å². The lowest BCUT2D eigenvalue weighted by Crippen LogP contribution is -2.52. The Morgan fingerprint density at radius 1 is 1.25 bits per heavy atom. The minimum absolute atomic E-state index is 0.387. The zero-order valence-electron chi connectivity index (χ0n) is 12.8. The molecule has 2 saturated heterocycles.